The summed E-state index contributed by atoms with van der Waals surface area (Å²) in [5.74, 6) is -0.960. The summed E-state index contributed by atoms with van der Waals surface area (Å²) in [5.41, 5.74) is 2.13. The van der Waals surface area contributed by atoms with Crippen LogP contribution in [0, 0.1) is 18.6 Å². The fourth-order valence-corrected chi connectivity index (χ4v) is 2.18. The summed E-state index contributed by atoms with van der Waals surface area (Å²) < 4.78 is 33.9. The molecule has 0 amide bonds. The molecule has 0 unspecified atom stereocenters. The first-order chi connectivity index (χ1) is 10.6. The fraction of sp³-hybridized carbons (Fsp3) is 0.125. The van der Waals surface area contributed by atoms with Crippen molar-refractivity contribution >= 4 is 0 Å². The molecule has 0 aliphatic heterocycles. The van der Waals surface area contributed by atoms with Gasteiger partial charge in [0.25, 0.3) is 0 Å². The van der Waals surface area contributed by atoms with Gasteiger partial charge in [-0.2, -0.15) is 0 Å². The molecule has 4 nitrogen and oxygen atoms in total. The Labute approximate surface area is 126 Å². The largest absolute Gasteiger partial charge is 0.479 e. The maximum atomic E-state index is 13.9. The maximum Gasteiger partial charge on any atom is 0.238 e. The second-order valence-electron chi connectivity index (χ2n) is 4.77. The lowest BCUT2D eigenvalue weighted by atomic mass is 10.1. The fourth-order valence-electron chi connectivity index (χ4n) is 2.18. The number of halogens is 2. The van der Waals surface area contributed by atoms with Gasteiger partial charge in [0.1, 0.15) is 17.3 Å². The number of nitrogens with zero attached hydrogens (tertiary/aromatic N) is 3. The van der Waals surface area contributed by atoms with E-state index in [1.54, 1.807) is 23.0 Å². The van der Waals surface area contributed by atoms with E-state index in [1.807, 2.05) is 13.1 Å². The van der Waals surface area contributed by atoms with Crippen molar-refractivity contribution in [3.63, 3.8) is 0 Å². The molecular weight excluding hydrogens is 288 g/mol. The molecule has 0 spiro atoms. The summed E-state index contributed by atoms with van der Waals surface area (Å²) >= 11 is 0. The van der Waals surface area contributed by atoms with Crippen molar-refractivity contribution < 1.29 is 13.5 Å². The summed E-state index contributed by atoms with van der Waals surface area (Å²) in [5, 5.41) is 0. The molecule has 3 aromatic rings. The molecule has 1 aromatic carbocycles. The highest BCUT2D eigenvalue weighted by atomic mass is 19.1. The van der Waals surface area contributed by atoms with Crippen molar-refractivity contribution in [3.8, 4) is 22.8 Å². The van der Waals surface area contributed by atoms with Crippen molar-refractivity contribution in [2.45, 2.75) is 6.92 Å². The number of hydrogen-bond donors (Lipinski definition) is 0. The quantitative estimate of drug-likeness (QED) is 0.743. The van der Waals surface area contributed by atoms with Crippen LogP contribution in [0.15, 0.2) is 42.9 Å². The van der Waals surface area contributed by atoms with Gasteiger partial charge in [-0.1, -0.05) is 0 Å². The van der Waals surface area contributed by atoms with Gasteiger partial charge in [0.15, 0.2) is 0 Å². The van der Waals surface area contributed by atoms with Gasteiger partial charge in [-0.3, -0.25) is 0 Å². The minimum atomic E-state index is -0.666. The molecule has 0 fully saturated rings. The Hall–Kier alpha value is -2.76. The van der Waals surface area contributed by atoms with E-state index in [4.69, 9.17) is 4.74 Å². The minimum Gasteiger partial charge on any atom is -0.479 e. The maximum absolute atomic E-state index is 13.9. The number of aryl methyl sites for hydroxylation is 1. The van der Waals surface area contributed by atoms with E-state index >= 15 is 0 Å². The number of imidazole rings is 1. The third-order valence-electron chi connectivity index (χ3n) is 3.23. The molecule has 0 saturated heterocycles. The number of benzene rings is 1. The monoisotopic (exact) mass is 301 g/mol. The number of methoxy groups -OCH3 is 1. The molecule has 112 valence electrons. The Morgan fingerprint density at radius 3 is 2.59 bits per heavy atom. The molecule has 0 atom stereocenters. The second-order valence-corrected chi connectivity index (χ2v) is 4.77. The van der Waals surface area contributed by atoms with E-state index in [1.165, 1.54) is 19.2 Å². The highest BCUT2D eigenvalue weighted by molar-refractivity contribution is 5.62. The summed E-state index contributed by atoms with van der Waals surface area (Å²) in [6.07, 6.45) is 3.48. The molecular formula is C16H13F2N3O. The van der Waals surface area contributed by atoms with Crippen molar-refractivity contribution in [2.75, 3.05) is 7.11 Å². The van der Waals surface area contributed by atoms with Crippen LogP contribution in [0.4, 0.5) is 8.78 Å². The molecule has 0 bridgehead atoms. The summed E-state index contributed by atoms with van der Waals surface area (Å²) in [6.45, 7) is 1.87. The molecule has 0 aliphatic carbocycles. The van der Waals surface area contributed by atoms with E-state index in [0.29, 0.717) is 17.3 Å². The highest BCUT2D eigenvalue weighted by Gasteiger charge is 2.13. The van der Waals surface area contributed by atoms with Crippen molar-refractivity contribution in [2.24, 2.45) is 0 Å². The minimum absolute atomic E-state index is 0.216. The van der Waals surface area contributed by atoms with Crippen LogP contribution >= 0.6 is 0 Å². The van der Waals surface area contributed by atoms with E-state index in [-0.39, 0.29) is 5.56 Å². The van der Waals surface area contributed by atoms with Gasteiger partial charge in [-0.05, 0) is 31.2 Å². The summed E-state index contributed by atoms with van der Waals surface area (Å²) in [4.78, 5) is 8.46. The second kappa shape index (κ2) is 5.55. The lowest BCUT2D eigenvalue weighted by Gasteiger charge is -2.10. The molecule has 0 aliphatic rings. The number of ether oxygens (including phenoxy) is 1. The summed E-state index contributed by atoms with van der Waals surface area (Å²) in [7, 11) is 1.49. The van der Waals surface area contributed by atoms with Crippen LogP contribution in [0.25, 0.3) is 16.9 Å². The SMILES string of the molecule is COc1nc(-c2ccc(F)cc2F)ccc1-n1cnc(C)c1. The molecule has 2 heterocycles. The Morgan fingerprint density at radius 1 is 1.14 bits per heavy atom. The first-order valence-electron chi connectivity index (χ1n) is 6.60. The summed E-state index contributed by atoms with van der Waals surface area (Å²) in [6, 6.07) is 6.79. The predicted molar refractivity (Wildman–Crippen MR) is 78.0 cm³/mol. The number of rotatable bonds is 3. The molecule has 0 radical (unpaired) electrons. The van der Waals surface area contributed by atoms with Crippen LogP contribution in [0.2, 0.25) is 0 Å². The van der Waals surface area contributed by atoms with Gasteiger partial charge in [-0.15, -0.1) is 0 Å². The van der Waals surface area contributed by atoms with Gasteiger partial charge in [0, 0.05) is 17.8 Å². The Morgan fingerprint density at radius 2 is 1.95 bits per heavy atom. The zero-order chi connectivity index (χ0) is 15.7. The molecule has 0 saturated carbocycles. The van der Waals surface area contributed by atoms with Gasteiger partial charge < -0.3 is 9.30 Å². The van der Waals surface area contributed by atoms with Crippen molar-refractivity contribution in [1.82, 2.24) is 14.5 Å². The predicted octanol–water partition coefficient (Wildman–Crippen LogP) is 3.53. The van der Waals surface area contributed by atoms with Crippen molar-refractivity contribution in [1.29, 1.82) is 0 Å². The van der Waals surface area contributed by atoms with Gasteiger partial charge >= 0.3 is 0 Å². The Kier molecular flexibility index (Phi) is 3.58. The Bertz CT molecular complexity index is 830. The van der Waals surface area contributed by atoms with Crippen LogP contribution in [0.3, 0.4) is 0 Å². The lowest BCUT2D eigenvalue weighted by molar-refractivity contribution is 0.396. The van der Waals surface area contributed by atoms with Gasteiger partial charge in [0.05, 0.1) is 24.8 Å². The van der Waals surface area contributed by atoms with Crippen LogP contribution < -0.4 is 4.74 Å². The first kappa shape index (κ1) is 14.2. The highest BCUT2D eigenvalue weighted by Crippen LogP contribution is 2.27. The molecule has 6 heteroatoms. The van der Waals surface area contributed by atoms with Crippen LogP contribution in [-0.2, 0) is 0 Å². The number of pyridine rings is 1. The van der Waals surface area contributed by atoms with Crippen molar-refractivity contribution in [3.05, 3.63) is 60.2 Å². The average Bonchev–Trinajstić information content (AvgIpc) is 2.93. The number of hydrogen-bond acceptors (Lipinski definition) is 3. The van der Waals surface area contributed by atoms with E-state index in [9.17, 15) is 8.78 Å². The molecule has 3 rings (SSSR count). The standard InChI is InChI=1S/C16H13F2N3O/c1-10-8-21(9-19-10)15-6-5-14(20-16(15)22-2)12-4-3-11(17)7-13(12)18/h3-9H,1-2H3. The molecule has 0 N–H and O–H groups in total. The van der Waals surface area contributed by atoms with Gasteiger partial charge in [0.2, 0.25) is 5.88 Å². The normalized spacial score (nSPS) is 10.7. The number of aromatic nitrogens is 3. The third kappa shape index (κ3) is 2.55. The van der Waals surface area contributed by atoms with Crippen LogP contribution in [0.1, 0.15) is 5.69 Å². The van der Waals surface area contributed by atoms with E-state index < -0.39 is 11.6 Å². The van der Waals surface area contributed by atoms with E-state index in [0.717, 1.165) is 11.8 Å². The zero-order valence-electron chi connectivity index (χ0n) is 12.0. The zero-order valence-corrected chi connectivity index (χ0v) is 12.0. The average molecular weight is 301 g/mol. The Balaban J connectivity index is 2.09. The third-order valence-corrected chi connectivity index (χ3v) is 3.23. The molecule has 22 heavy (non-hydrogen) atoms. The molecule has 2 aromatic heterocycles. The lowest BCUT2D eigenvalue weighted by Crippen LogP contribution is -2.00. The first-order valence-corrected chi connectivity index (χ1v) is 6.60. The van der Waals surface area contributed by atoms with Gasteiger partial charge in [-0.25, -0.2) is 18.7 Å². The van der Waals surface area contributed by atoms with Crippen LogP contribution in [-0.4, -0.2) is 21.6 Å². The topological polar surface area (TPSA) is 39.9 Å². The smallest absolute Gasteiger partial charge is 0.238 e. The van der Waals surface area contributed by atoms with Crippen LogP contribution in [0.5, 0.6) is 5.88 Å². The van der Waals surface area contributed by atoms with E-state index in [2.05, 4.69) is 9.97 Å².